The number of rotatable bonds is 6. The second-order valence-corrected chi connectivity index (χ2v) is 8.57. The quantitative estimate of drug-likeness (QED) is 0.352. The smallest absolute Gasteiger partial charge is 0.237 e. The Morgan fingerprint density at radius 2 is 1.69 bits per heavy atom. The van der Waals surface area contributed by atoms with Crippen LogP contribution in [0.15, 0.2) is 78.0 Å². The van der Waals surface area contributed by atoms with Crippen LogP contribution in [0.3, 0.4) is 0 Å². The minimum atomic E-state index is -0.580. The zero-order valence-electron chi connectivity index (χ0n) is 16.8. The highest BCUT2D eigenvalue weighted by Crippen LogP contribution is 2.31. The molecule has 0 bridgehead atoms. The monoisotopic (exact) mass is 470 g/mol. The zero-order chi connectivity index (χ0) is 22.7. The predicted octanol–water partition coefficient (Wildman–Crippen LogP) is 5.99. The molecule has 1 heterocycles. The second kappa shape index (κ2) is 9.50. The van der Waals surface area contributed by atoms with Gasteiger partial charge >= 0.3 is 0 Å². The number of amides is 1. The first-order chi connectivity index (χ1) is 15.4. The van der Waals surface area contributed by atoms with E-state index >= 15 is 0 Å². The fourth-order valence-electron chi connectivity index (χ4n) is 2.98. The van der Waals surface area contributed by atoms with E-state index in [2.05, 4.69) is 15.5 Å². The number of anilines is 1. The van der Waals surface area contributed by atoms with Crippen molar-refractivity contribution in [1.82, 2.24) is 14.8 Å². The van der Waals surface area contributed by atoms with Crippen molar-refractivity contribution < 1.29 is 13.6 Å². The summed E-state index contributed by atoms with van der Waals surface area (Å²) in [7, 11) is 0. The van der Waals surface area contributed by atoms with Crippen LogP contribution in [0.5, 0.6) is 0 Å². The lowest BCUT2D eigenvalue weighted by atomic mass is 10.2. The van der Waals surface area contributed by atoms with Gasteiger partial charge in [0, 0.05) is 11.3 Å². The summed E-state index contributed by atoms with van der Waals surface area (Å²) in [4.78, 5) is 12.7. The van der Waals surface area contributed by atoms with Gasteiger partial charge < -0.3 is 5.32 Å². The highest BCUT2D eigenvalue weighted by Gasteiger charge is 2.22. The van der Waals surface area contributed by atoms with Crippen molar-refractivity contribution >= 4 is 35.0 Å². The van der Waals surface area contributed by atoms with Crippen molar-refractivity contribution in [3.8, 4) is 17.1 Å². The molecule has 5 nitrogen and oxygen atoms in total. The average molecular weight is 471 g/mol. The van der Waals surface area contributed by atoms with E-state index in [1.165, 1.54) is 36.0 Å². The van der Waals surface area contributed by atoms with Gasteiger partial charge in [-0.25, -0.2) is 8.78 Å². The molecular weight excluding hydrogens is 454 g/mol. The van der Waals surface area contributed by atoms with E-state index < -0.39 is 11.1 Å². The Kier molecular flexibility index (Phi) is 6.53. The molecule has 4 rings (SSSR count). The first-order valence-corrected chi connectivity index (χ1v) is 10.9. The van der Waals surface area contributed by atoms with Crippen LogP contribution in [0.1, 0.15) is 6.92 Å². The lowest BCUT2D eigenvalue weighted by molar-refractivity contribution is -0.115. The van der Waals surface area contributed by atoms with Crippen molar-refractivity contribution in [2.75, 3.05) is 5.32 Å². The number of halogens is 3. The molecule has 1 aromatic heterocycles. The number of benzene rings is 3. The Balaban J connectivity index is 1.63. The van der Waals surface area contributed by atoms with Gasteiger partial charge in [-0.05, 0) is 49.4 Å². The summed E-state index contributed by atoms with van der Waals surface area (Å²) in [6.45, 7) is 1.71. The van der Waals surface area contributed by atoms with Crippen LogP contribution in [0, 0.1) is 11.6 Å². The van der Waals surface area contributed by atoms with Gasteiger partial charge in [0.05, 0.1) is 16.0 Å². The van der Waals surface area contributed by atoms with Crippen molar-refractivity contribution in [3.63, 3.8) is 0 Å². The van der Waals surface area contributed by atoms with Gasteiger partial charge in [-0.15, -0.1) is 10.2 Å². The Bertz CT molecular complexity index is 1250. The Morgan fingerprint density at radius 1 is 1.00 bits per heavy atom. The number of aromatic nitrogens is 3. The molecular formula is C23H17ClF2N4OS. The molecule has 32 heavy (non-hydrogen) atoms. The molecule has 0 spiro atoms. The second-order valence-electron chi connectivity index (χ2n) is 6.86. The third-order valence-electron chi connectivity index (χ3n) is 4.59. The molecule has 0 fully saturated rings. The summed E-state index contributed by atoms with van der Waals surface area (Å²) in [5.74, 6) is -0.621. The molecule has 0 saturated carbocycles. The Hall–Kier alpha value is -3.23. The minimum Gasteiger partial charge on any atom is -0.324 e. The van der Waals surface area contributed by atoms with Gasteiger partial charge in [0.2, 0.25) is 5.91 Å². The average Bonchev–Trinajstić information content (AvgIpc) is 3.20. The van der Waals surface area contributed by atoms with Gasteiger partial charge in [0.15, 0.2) is 11.0 Å². The molecule has 0 aliphatic heterocycles. The van der Waals surface area contributed by atoms with Crippen molar-refractivity contribution in [2.24, 2.45) is 0 Å². The topological polar surface area (TPSA) is 59.8 Å². The Labute approximate surface area is 192 Å². The van der Waals surface area contributed by atoms with Crippen LogP contribution in [0.4, 0.5) is 14.5 Å². The first-order valence-electron chi connectivity index (χ1n) is 9.62. The lowest BCUT2D eigenvalue weighted by Gasteiger charge is -2.14. The third kappa shape index (κ3) is 4.81. The normalized spacial score (nSPS) is 11.9. The molecule has 9 heteroatoms. The number of carbonyl (C=O) groups is 1. The summed E-state index contributed by atoms with van der Waals surface area (Å²) in [5, 5.41) is 11.3. The SMILES string of the molecule is CC(Sc1nnc(-c2ccccc2)n1-c1ccc(F)cc1)C(=O)Nc1ccc(F)cc1Cl. The molecule has 1 N–H and O–H groups in total. The summed E-state index contributed by atoms with van der Waals surface area (Å²) in [6, 6.07) is 19.2. The van der Waals surface area contributed by atoms with E-state index in [0.717, 1.165) is 11.6 Å². The van der Waals surface area contributed by atoms with E-state index in [1.807, 2.05) is 30.3 Å². The summed E-state index contributed by atoms with van der Waals surface area (Å²) >= 11 is 7.20. The van der Waals surface area contributed by atoms with Crippen LogP contribution in [0.2, 0.25) is 5.02 Å². The number of nitrogens with zero attached hydrogens (tertiary/aromatic N) is 3. The van der Waals surface area contributed by atoms with Gasteiger partial charge in [-0.2, -0.15) is 0 Å². The van der Waals surface area contributed by atoms with Crippen molar-refractivity contribution in [1.29, 1.82) is 0 Å². The van der Waals surface area contributed by atoms with Crippen LogP contribution in [-0.2, 0) is 4.79 Å². The fourth-order valence-corrected chi connectivity index (χ4v) is 4.06. The van der Waals surface area contributed by atoms with E-state index in [-0.39, 0.29) is 16.7 Å². The van der Waals surface area contributed by atoms with Crippen LogP contribution >= 0.6 is 23.4 Å². The van der Waals surface area contributed by atoms with E-state index in [9.17, 15) is 13.6 Å². The number of hydrogen-bond acceptors (Lipinski definition) is 4. The highest BCUT2D eigenvalue weighted by molar-refractivity contribution is 8.00. The molecule has 0 aliphatic rings. The molecule has 162 valence electrons. The molecule has 1 amide bonds. The third-order valence-corrected chi connectivity index (χ3v) is 5.95. The fraction of sp³-hybridized carbons (Fsp3) is 0.0870. The highest BCUT2D eigenvalue weighted by atomic mass is 35.5. The predicted molar refractivity (Wildman–Crippen MR) is 122 cm³/mol. The number of thioether (sulfide) groups is 1. The maximum Gasteiger partial charge on any atom is 0.237 e. The van der Waals surface area contributed by atoms with Crippen LogP contribution in [0.25, 0.3) is 17.1 Å². The molecule has 4 aromatic rings. The maximum absolute atomic E-state index is 13.5. The van der Waals surface area contributed by atoms with Gasteiger partial charge in [-0.3, -0.25) is 9.36 Å². The molecule has 0 radical (unpaired) electrons. The number of nitrogens with one attached hydrogen (secondary N) is 1. The van der Waals surface area contributed by atoms with E-state index in [0.29, 0.717) is 22.4 Å². The summed E-state index contributed by atoms with van der Waals surface area (Å²) in [6.07, 6.45) is 0. The van der Waals surface area contributed by atoms with Crippen molar-refractivity contribution in [2.45, 2.75) is 17.3 Å². The molecule has 0 saturated heterocycles. The Morgan fingerprint density at radius 3 is 2.38 bits per heavy atom. The van der Waals surface area contributed by atoms with Gasteiger partial charge in [0.25, 0.3) is 0 Å². The molecule has 3 aromatic carbocycles. The first kappa shape index (κ1) is 22.0. The number of carbonyl (C=O) groups excluding carboxylic acids is 1. The molecule has 1 unspecified atom stereocenters. The molecule has 1 atom stereocenters. The van der Waals surface area contributed by atoms with E-state index in [4.69, 9.17) is 11.6 Å². The minimum absolute atomic E-state index is 0.108. The van der Waals surface area contributed by atoms with E-state index in [1.54, 1.807) is 23.6 Å². The van der Waals surface area contributed by atoms with Gasteiger partial charge in [-0.1, -0.05) is 53.7 Å². The number of hydrogen-bond donors (Lipinski definition) is 1. The largest absolute Gasteiger partial charge is 0.324 e. The summed E-state index contributed by atoms with van der Waals surface area (Å²) < 4.78 is 28.5. The van der Waals surface area contributed by atoms with Crippen LogP contribution in [-0.4, -0.2) is 25.9 Å². The summed E-state index contributed by atoms with van der Waals surface area (Å²) in [5.41, 5.74) is 1.80. The molecule has 0 aliphatic carbocycles. The maximum atomic E-state index is 13.5. The lowest BCUT2D eigenvalue weighted by Crippen LogP contribution is -2.23. The standard InChI is InChI=1S/C23H17ClF2N4OS/c1-14(22(31)27-20-12-9-17(26)13-19(20)24)32-23-29-28-21(15-5-3-2-4-6-15)30(23)18-10-7-16(25)8-11-18/h2-14H,1H3,(H,27,31). The van der Waals surface area contributed by atoms with Crippen LogP contribution < -0.4 is 5.32 Å². The zero-order valence-corrected chi connectivity index (χ0v) is 18.4. The van der Waals surface area contributed by atoms with Crippen molar-refractivity contribution in [3.05, 3.63) is 89.5 Å². The van der Waals surface area contributed by atoms with Gasteiger partial charge in [0.1, 0.15) is 11.6 Å².